The third-order valence-electron chi connectivity index (χ3n) is 6.35. The van der Waals surface area contributed by atoms with Gasteiger partial charge in [-0.1, -0.05) is 48.5 Å². The van der Waals surface area contributed by atoms with Crippen LogP contribution in [0.2, 0.25) is 0 Å². The van der Waals surface area contributed by atoms with E-state index in [0.29, 0.717) is 17.9 Å². The summed E-state index contributed by atoms with van der Waals surface area (Å²) < 4.78 is 39.5. The van der Waals surface area contributed by atoms with Gasteiger partial charge in [-0.25, -0.2) is 8.42 Å². The van der Waals surface area contributed by atoms with Crippen molar-refractivity contribution < 1.29 is 27.5 Å². The van der Waals surface area contributed by atoms with Gasteiger partial charge in [-0.2, -0.15) is 0 Å². The highest BCUT2D eigenvalue weighted by Gasteiger charge is 2.32. The van der Waals surface area contributed by atoms with E-state index in [1.54, 1.807) is 37.3 Å². The number of hydrogen-bond donors (Lipinski definition) is 1. The third kappa shape index (κ3) is 7.53. The van der Waals surface area contributed by atoms with E-state index in [0.717, 1.165) is 9.87 Å². The van der Waals surface area contributed by atoms with Crippen molar-refractivity contribution in [1.82, 2.24) is 10.2 Å². The zero-order chi connectivity index (χ0) is 29.3. The Morgan fingerprint density at radius 1 is 0.850 bits per heavy atom. The Bertz CT molecular complexity index is 1380. The zero-order valence-electron chi connectivity index (χ0n) is 23.5. The van der Waals surface area contributed by atoms with Gasteiger partial charge >= 0.3 is 0 Å². The van der Waals surface area contributed by atoms with Crippen LogP contribution in [0, 0.1) is 0 Å². The van der Waals surface area contributed by atoms with Crippen LogP contribution in [-0.4, -0.2) is 64.5 Å². The minimum Gasteiger partial charge on any atom is -0.493 e. The monoisotopic (exact) mass is 567 g/mol. The van der Waals surface area contributed by atoms with E-state index in [2.05, 4.69) is 5.32 Å². The summed E-state index contributed by atoms with van der Waals surface area (Å²) in [5, 5.41) is 2.85. The van der Waals surface area contributed by atoms with Crippen molar-refractivity contribution in [1.29, 1.82) is 0 Å². The Hall–Kier alpha value is -4.05. The van der Waals surface area contributed by atoms with Crippen LogP contribution in [0.15, 0.2) is 83.8 Å². The molecule has 0 fully saturated rings. The zero-order valence-corrected chi connectivity index (χ0v) is 24.4. The molecule has 0 saturated heterocycles. The highest BCUT2D eigenvalue weighted by atomic mass is 32.2. The van der Waals surface area contributed by atoms with E-state index < -0.39 is 28.5 Å². The molecule has 40 heavy (non-hydrogen) atoms. The van der Waals surface area contributed by atoms with Crippen molar-refractivity contribution >= 4 is 27.5 Å². The minimum absolute atomic E-state index is 0.0269. The molecule has 0 saturated carbocycles. The fraction of sp³-hybridized carbons (Fsp3) is 0.333. The number of anilines is 1. The van der Waals surface area contributed by atoms with Gasteiger partial charge in [0.25, 0.3) is 10.0 Å². The first kappa shape index (κ1) is 30.5. The molecule has 0 unspecified atom stereocenters. The number of carbonyl (C=O) groups excluding carboxylic acids is 2. The van der Waals surface area contributed by atoms with Gasteiger partial charge in [0.1, 0.15) is 12.6 Å². The number of ether oxygens (including phenoxy) is 2. The van der Waals surface area contributed by atoms with Crippen LogP contribution in [0.1, 0.15) is 26.3 Å². The molecule has 9 nitrogen and oxygen atoms in total. The number of methoxy groups -OCH3 is 2. The predicted octanol–water partition coefficient (Wildman–Crippen LogP) is 3.88. The van der Waals surface area contributed by atoms with E-state index in [1.165, 1.54) is 37.3 Å². The molecule has 0 radical (unpaired) electrons. The van der Waals surface area contributed by atoms with Gasteiger partial charge in [0.2, 0.25) is 11.8 Å². The lowest BCUT2D eigenvalue weighted by molar-refractivity contribution is -0.139. The lowest BCUT2D eigenvalue weighted by Crippen LogP contribution is -2.53. The van der Waals surface area contributed by atoms with Crippen molar-refractivity contribution in [2.24, 2.45) is 0 Å². The Kier molecular flexibility index (Phi) is 10.6. The molecule has 3 rings (SSSR count). The quantitative estimate of drug-likeness (QED) is 0.336. The van der Waals surface area contributed by atoms with Gasteiger partial charge in [0, 0.05) is 18.7 Å². The summed E-state index contributed by atoms with van der Waals surface area (Å²) in [5.41, 5.74) is 1.21. The number of nitrogens with one attached hydrogen (secondary N) is 1. The van der Waals surface area contributed by atoms with Crippen molar-refractivity contribution in [3.63, 3.8) is 0 Å². The van der Waals surface area contributed by atoms with Crippen LogP contribution in [0.25, 0.3) is 0 Å². The molecule has 3 aromatic rings. The molecule has 1 N–H and O–H groups in total. The number of rotatable bonds is 13. The van der Waals surface area contributed by atoms with E-state index >= 15 is 0 Å². The molecule has 0 bridgehead atoms. The maximum atomic E-state index is 13.9. The minimum atomic E-state index is -4.17. The fourth-order valence-corrected chi connectivity index (χ4v) is 5.63. The molecule has 10 heteroatoms. The van der Waals surface area contributed by atoms with Crippen LogP contribution < -0.4 is 19.1 Å². The molecule has 0 aliphatic rings. The van der Waals surface area contributed by atoms with Crippen molar-refractivity contribution in [3.05, 3.63) is 84.4 Å². The number of sulfonamides is 1. The summed E-state index contributed by atoms with van der Waals surface area (Å²) in [6.45, 7) is 5.02. The molecule has 2 amide bonds. The largest absolute Gasteiger partial charge is 0.493 e. The second-order valence-corrected chi connectivity index (χ2v) is 11.4. The van der Waals surface area contributed by atoms with Crippen molar-refractivity contribution in [2.45, 2.75) is 44.2 Å². The molecule has 0 aliphatic carbocycles. The van der Waals surface area contributed by atoms with Crippen molar-refractivity contribution in [2.75, 3.05) is 31.6 Å². The van der Waals surface area contributed by atoms with Gasteiger partial charge in [-0.05, 0) is 57.0 Å². The summed E-state index contributed by atoms with van der Waals surface area (Å²) >= 11 is 0. The molecule has 0 aliphatic heterocycles. The maximum absolute atomic E-state index is 13.9. The Morgan fingerprint density at radius 2 is 1.45 bits per heavy atom. The number of carbonyl (C=O) groups is 2. The Labute approximate surface area is 236 Å². The summed E-state index contributed by atoms with van der Waals surface area (Å²) in [7, 11) is -1.24. The number of hydrogen-bond acceptors (Lipinski definition) is 6. The molecule has 0 heterocycles. The summed E-state index contributed by atoms with van der Waals surface area (Å²) in [6.07, 6.45) is 0.494. The van der Waals surface area contributed by atoms with Gasteiger partial charge in [-0.15, -0.1) is 0 Å². The fourth-order valence-electron chi connectivity index (χ4n) is 4.20. The van der Waals surface area contributed by atoms with Crippen LogP contribution in [0.4, 0.5) is 5.69 Å². The summed E-state index contributed by atoms with van der Waals surface area (Å²) in [6, 6.07) is 21.2. The van der Waals surface area contributed by atoms with Gasteiger partial charge in [-0.3, -0.25) is 13.9 Å². The normalized spacial score (nSPS) is 11.9. The SMILES string of the molecule is COc1ccc(N(CC(=O)N(CCc2ccccc2)[C@@H](C)C(=O)NC(C)C)S(=O)(=O)c2ccccc2)cc1OC. The van der Waals surface area contributed by atoms with Crippen molar-refractivity contribution in [3.8, 4) is 11.5 Å². The maximum Gasteiger partial charge on any atom is 0.264 e. The highest BCUT2D eigenvalue weighted by Crippen LogP contribution is 2.34. The first-order valence-electron chi connectivity index (χ1n) is 13.0. The van der Waals surface area contributed by atoms with E-state index in [1.807, 2.05) is 44.2 Å². The van der Waals surface area contributed by atoms with E-state index in [9.17, 15) is 18.0 Å². The smallest absolute Gasteiger partial charge is 0.264 e. The predicted molar refractivity (Wildman–Crippen MR) is 155 cm³/mol. The topological polar surface area (TPSA) is 105 Å². The molecular formula is C30H37N3O6S. The Morgan fingerprint density at radius 3 is 2.02 bits per heavy atom. The molecule has 214 valence electrons. The third-order valence-corrected chi connectivity index (χ3v) is 8.14. The lowest BCUT2D eigenvalue weighted by Gasteiger charge is -2.32. The standard InChI is InChI=1S/C30H37N3O6S/c1-22(2)31-30(35)23(3)32(19-18-24-12-8-6-9-13-24)29(34)21-33(40(36,37)26-14-10-7-11-15-26)25-16-17-27(38-4)28(20-25)39-5/h6-17,20,22-23H,18-19,21H2,1-5H3,(H,31,35)/t23-/m0/s1. The second kappa shape index (κ2) is 13.8. The number of benzene rings is 3. The molecule has 0 aromatic heterocycles. The van der Waals surface area contributed by atoms with Crippen LogP contribution >= 0.6 is 0 Å². The Balaban J connectivity index is 2.02. The van der Waals surface area contributed by atoms with Crippen LogP contribution in [0.5, 0.6) is 11.5 Å². The molecule has 1 atom stereocenters. The average molecular weight is 568 g/mol. The first-order valence-corrected chi connectivity index (χ1v) is 14.5. The molecule has 0 spiro atoms. The second-order valence-electron chi connectivity index (χ2n) is 9.53. The van der Waals surface area contributed by atoms with Gasteiger partial charge < -0.3 is 19.7 Å². The number of amides is 2. The highest BCUT2D eigenvalue weighted by molar-refractivity contribution is 7.92. The summed E-state index contributed by atoms with van der Waals surface area (Å²) in [5.74, 6) is -0.110. The van der Waals surface area contributed by atoms with E-state index in [4.69, 9.17) is 9.47 Å². The van der Waals surface area contributed by atoms with Gasteiger partial charge in [0.15, 0.2) is 11.5 Å². The van der Waals surface area contributed by atoms with E-state index in [-0.39, 0.29) is 29.1 Å². The first-order chi connectivity index (χ1) is 19.1. The van der Waals surface area contributed by atoms with Gasteiger partial charge in [0.05, 0.1) is 24.8 Å². The lowest BCUT2D eigenvalue weighted by atomic mass is 10.1. The number of nitrogens with zero attached hydrogens (tertiary/aromatic N) is 2. The van der Waals surface area contributed by atoms with Crippen LogP contribution in [-0.2, 0) is 26.0 Å². The molecular weight excluding hydrogens is 530 g/mol. The molecule has 3 aromatic carbocycles. The van der Waals surface area contributed by atoms with Crippen LogP contribution in [0.3, 0.4) is 0 Å². The summed E-state index contributed by atoms with van der Waals surface area (Å²) in [4.78, 5) is 28.3. The average Bonchev–Trinajstić information content (AvgIpc) is 2.96.